The summed E-state index contributed by atoms with van der Waals surface area (Å²) < 4.78 is 21.7. The van der Waals surface area contributed by atoms with Gasteiger partial charge in [-0.05, 0) is 33.6 Å². The van der Waals surface area contributed by atoms with Gasteiger partial charge in [-0.2, -0.15) is 0 Å². The zero-order chi connectivity index (χ0) is 10.5. The fourth-order valence-corrected chi connectivity index (χ4v) is 1.86. The van der Waals surface area contributed by atoms with E-state index in [1.165, 1.54) is 17.2 Å². The molecule has 0 fully saturated rings. The Morgan fingerprint density at radius 3 is 2.15 bits per heavy atom. The van der Waals surface area contributed by atoms with Gasteiger partial charge < -0.3 is 0 Å². The predicted molar refractivity (Wildman–Crippen MR) is 57.3 cm³/mol. The van der Waals surface area contributed by atoms with Crippen LogP contribution < -0.4 is 0 Å². The summed E-state index contributed by atoms with van der Waals surface area (Å²) in [6.07, 6.45) is 5.06. The monoisotopic (exact) mass is 202 g/mol. The van der Waals surface area contributed by atoms with Crippen LogP contribution in [0.3, 0.4) is 0 Å². The van der Waals surface area contributed by atoms with E-state index in [2.05, 4.69) is 6.08 Å². The molecule has 0 N–H and O–H groups in total. The molecular formula is C10H18O2S. The van der Waals surface area contributed by atoms with Gasteiger partial charge in [0.15, 0.2) is 9.84 Å². The Kier molecular flexibility index (Phi) is 4.99. The molecule has 2 nitrogen and oxygen atoms in total. The highest BCUT2D eigenvalue weighted by Crippen LogP contribution is 2.07. The van der Waals surface area contributed by atoms with Gasteiger partial charge in [0, 0.05) is 11.7 Å². The molecule has 0 spiro atoms. The molecule has 0 aromatic rings. The Morgan fingerprint density at radius 1 is 1.23 bits per heavy atom. The van der Waals surface area contributed by atoms with Crippen molar-refractivity contribution in [2.45, 2.75) is 33.6 Å². The van der Waals surface area contributed by atoms with E-state index in [9.17, 15) is 8.42 Å². The molecule has 13 heavy (non-hydrogen) atoms. The van der Waals surface area contributed by atoms with Crippen LogP contribution in [0.25, 0.3) is 0 Å². The van der Waals surface area contributed by atoms with Gasteiger partial charge in [0.1, 0.15) is 0 Å². The van der Waals surface area contributed by atoms with E-state index in [0.29, 0.717) is 0 Å². The smallest absolute Gasteiger partial charge is 0.168 e. The Balaban J connectivity index is 4.11. The summed E-state index contributed by atoms with van der Waals surface area (Å²) in [5.74, 6) is 0. The molecule has 0 atom stereocenters. The lowest BCUT2D eigenvalue weighted by molar-refractivity contribution is 0.609. The van der Waals surface area contributed by atoms with E-state index < -0.39 is 9.84 Å². The fraction of sp³-hybridized carbons (Fsp3) is 0.600. The van der Waals surface area contributed by atoms with Crippen molar-refractivity contribution in [2.24, 2.45) is 0 Å². The number of allylic oxidation sites excluding steroid dienone is 3. The first-order chi connectivity index (χ1) is 5.81. The van der Waals surface area contributed by atoms with Gasteiger partial charge in [0.05, 0.1) is 0 Å². The average Bonchev–Trinajstić information content (AvgIpc) is 1.81. The Hall–Kier alpha value is -0.570. The molecule has 0 unspecified atom stereocenters. The first-order valence-corrected chi connectivity index (χ1v) is 6.27. The maximum Gasteiger partial charge on any atom is 0.168 e. The van der Waals surface area contributed by atoms with Gasteiger partial charge in [-0.25, -0.2) is 8.42 Å². The average molecular weight is 202 g/mol. The summed E-state index contributed by atoms with van der Waals surface area (Å²) in [4.78, 5) is 0. The fourth-order valence-electron chi connectivity index (χ4n) is 1.01. The van der Waals surface area contributed by atoms with Gasteiger partial charge in [-0.15, -0.1) is 0 Å². The van der Waals surface area contributed by atoms with E-state index in [1.807, 2.05) is 20.8 Å². The quantitative estimate of drug-likeness (QED) is 0.657. The Labute approximate surface area is 81.3 Å². The van der Waals surface area contributed by atoms with Crippen LogP contribution in [0.1, 0.15) is 33.6 Å². The van der Waals surface area contributed by atoms with Crippen LogP contribution >= 0.6 is 0 Å². The third-order valence-electron chi connectivity index (χ3n) is 1.51. The van der Waals surface area contributed by atoms with E-state index >= 15 is 0 Å². The van der Waals surface area contributed by atoms with Crippen molar-refractivity contribution < 1.29 is 8.42 Å². The zero-order valence-electron chi connectivity index (χ0n) is 8.79. The standard InChI is InChI=1S/C10H18O2S/c1-9(2)6-5-7-10(3)8-13(4,11)12/h6,8H,5,7H2,1-4H3. The van der Waals surface area contributed by atoms with Gasteiger partial charge in [-0.3, -0.25) is 0 Å². The van der Waals surface area contributed by atoms with Crippen molar-refractivity contribution in [1.29, 1.82) is 0 Å². The Bertz CT molecular complexity index is 304. The van der Waals surface area contributed by atoms with Gasteiger partial charge in [0.25, 0.3) is 0 Å². The van der Waals surface area contributed by atoms with Crippen LogP contribution in [0, 0.1) is 0 Å². The summed E-state index contributed by atoms with van der Waals surface area (Å²) in [5, 5.41) is 1.34. The molecule has 3 heteroatoms. The van der Waals surface area contributed by atoms with E-state index in [4.69, 9.17) is 0 Å². The highest BCUT2D eigenvalue weighted by Gasteiger charge is 1.97. The van der Waals surface area contributed by atoms with Crippen molar-refractivity contribution >= 4 is 9.84 Å². The molecule has 0 aliphatic heterocycles. The predicted octanol–water partition coefficient (Wildman–Crippen LogP) is 2.68. The Morgan fingerprint density at radius 2 is 1.77 bits per heavy atom. The van der Waals surface area contributed by atoms with E-state index in [1.54, 1.807) is 0 Å². The number of hydrogen-bond donors (Lipinski definition) is 0. The van der Waals surface area contributed by atoms with E-state index in [0.717, 1.165) is 18.4 Å². The third kappa shape index (κ3) is 9.34. The van der Waals surface area contributed by atoms with Crippen LogP contribution in [0.5, 0.6) is 0 Å². The molecule has 0 aliphatic rings. The molecule has 0 rings (SSSR count). The lowest BCUT2D eigenvalue weighted by Gasteiger charge is -1.97. The van der Waals surface area contributed by atoms with Crippen LogP contribution in [0.2, 0.25) is 0 Å². The lowest BCUT2D eigenvalue weighted by atomic mass is 10.1. The van der Waals surface area contributed by atoms with E-state index in [-0.39, 0.29) is 0 Å². The van der Waals surface area contributed by atoms with Crippen molar-refractivity contribution in [3.8, 4) is 0 Å². The molecule has 0 saturated carbocycles. The first-order valence-electron chi connectivity index (χ1n) is 4.32. The van der Waals surface area contributed by atoms with Crippen LogP contribution in [-0.2, 0) is 9.84 Å². The number of rotatable bonds is 4. The topological polar surface area (TPSA) is 34.1 Å². The second-order valence-corrected chi connectivity index (χ2v) is 5.51. The molecule has 0 aromatic heterocycles. The highest BCUT2D eigenvalue weighted by molar-refractivity contribution is 7.93. The van der Waals surface area contributed by atoms with Gasteiger partial charge in [-0.1, -0.05) is 17.2 Å². The summed E-state index contributed by atoms with van der Waals surface area (Å²) in [6.45, 7) is 5.92. The summed E-state index contributed by atoms with van der Waals surface area (Å²) in [5.41, 5.74) is 2.19. The minimum atomic E-state index is -2.96. The lowest BCUT2D eigenvalue weighted by Crippen LogP contribution is -1.91. The van der Waals surface area contributed by atoms with Crippen LogP contribution in [0.15, 0.2) is 22.6 Å². The van der Waals surface area contributed by atoms with Crippen molar-refractivity contribution in [1.82, 2.24) is 0 Å². The second-order valence-electron chi connectivity index (χ2n) is 3.61. The normalized spacial score (nSPS) is 12.8. The highest BCUT2D eigenvalue weighted by atomic mass is 32.2. The largest absolute Gasteiger partial charge is 0.225 e. The molecule has 0 saturated heterocycles. The number of sulfone groups is 1. The maximum absolute atomic E-state index is 10.8. The number of hydrogen-bond acceptors (Lipinski definition) is 2. The molecule has 76 valence electrons. The van der Waals surface area contributed by atoms with Crippen molar-refractivity contribution in [2.75, 3.05) is 6.26 Å². The second kappa shape index (κ2) is 5.22. The minimum absolute atomic E-state index is 0.818. The molecule has 0 bridgehead atoms. The minimum Gasteiger partial charge on any atom is -0.225 e. The molecule has 0 heterocycles. The first kappa shape index (κ1) is 12.4. The summed E-state index contributed by atoms with van der Waals surface area (Å²) in [6, 6.07) is 0. The zero-order valence-corrected chi connectivity index (χ0v) is 9.61. The molecule has 0 aromatic carbocycles. The van der Waals surface area contributed by atoms with Gasteiger partial charge in [0.2, 0.25) is 0 Å². The molecular weight excluding hydrogens is 184 g/mol. The van der Waals surface area contributed by atoms with Crippen LogP contribution in [0.4, 0.5) is 0 Å². The SMILES string of the molecule is CC(C)=CCCC(C)=CS(C)(=O)=O. The molecule has 0 amide bonds. The molecule has 0 aliphatic carbocycles. The van der Waals surface area contributed by atoms with Crippen molar-refractivity contribution in [3.63, 3.8) is 0 Å². The van der Waals surface area contributed by atoms with Gasteiger partial charge >= 0.3 is 0 Å². The maximum atomic E-state index is 10.8. The van der Waals surface area contributed by atoms with Crippen molar-refractivity contribution in [3.05, 3.63) is 22.6 Å². The third-order valence-corrected chi connectivity index (χ3v) is 2.34. The molecule has 0 radical (unpaired) electrons. The summed E-state index contributed by atoms with van der Waals surface area (Å²) in [7, 11) is -2.96. The van der Waals surface area contributed by atoms with Crippen LogP contribution in [-0.4, -0.2) is 14.7 Å². The summed E-state index contributed by atoms with van der Waals surface area (Å²) >= 11 is 0.